The third-order valence-corrected chi connectivity index (χ3v) is 2.87. The molecule has 6 nitrogen and oxygen atoms in total. The number of H-pyrrole nitrogens is 1. The van der Waals surface area contributed by atoms with Crippen LogP contribution >= 0.6 is 23.2 Å². The molecule has 0 atom stereocenters. The molecule has 0 saturated heterocycles. The quantitative estimate of drug-likeness (QED) is 0.545. The van der Waals surface area contributed by atoms with E-state index in [1.807, 2.05) is 0 Å². The maximum absolute atomic E-state index is 12.2. The maximum atomic E-state index is 12.2. The van der Waals surface area contributed by atoms with Crippen LogP contribution in [0.4, 0.5) is 0 Å². The Hall–Kier alpha value is -1.92. The van der Waals surface area contributed by atoms with E-state index in [1.165, 1.54) is 17.1 Å². The fourth-order valence-electron chi connectivity index (χ4n) is 1.59. The third kappa shape index (κ3) is 1.66. The predicted molar refractivity (Wildman–Crippen MR) is 67.3 cm³/mol. The van der Waals surface area contributed by atoms with E-state index in [0.29, 0.717) is 10.8 Å². The first kappa shape index (κ1) is 11.2. The summed E-state index contributed by atoms with van der Waals surface area (Å²) in [4.78, 5) is 26.7. The van der Waals surface area contributed by atoms with Crippen molar-refractivity contribution in [1.29, 1.82) is 0 Å². The Labute approximate surface area is 110 Å². The first-order valence-corrected chi connectivity index (χ1v) is 5.66. The number of hydrogen-bond acceptors (Lipinski definition) is 4. The lowest BCUT2D eigenvalue weighted by Gasteiger charge is -2.06. The topological polar surface area (TPSA) is 76.5 Å². The fraction of sp³-hybridized carbons (Fsp3) is 0. The zero-order valence-corrected chi connectivity index (χ0v) is 10.3. The zero-order valence-electron chi connectivity index (χ0n) is 8.76. The summed E-state index contributed by atoms with van der Waals surface area (Å²) in [5, 5.41) is 0.349. The molecule has 3 aromatic heterocycles. The second kappa shape index (κ2) is 4.08. The molecule has 3 heterocycles. The minimum Gasteiger partial charge on any atom is -0.339 e. The summed E-state index contributed by atoms with van der Waals surface area (Å²) in [6.07, 6.45) is 2.83. The molecule has 3 aromatic rings. The molecule has 90 valence electrons. The second-order valence-corrected chi connectivity index (χ2v) is 4.19. The van der Waals surface area contributed by atoms with Crippen molar-refractivity contribution in [3.05, 3.63) is 45.4 Å². The summed E-state index contributed by atoms with van der Waals surface area (Å²) < 4.78 is 1.23. The van der Waals surface area contributed by atoms with Gasteiger partial charge in [0.15, 0.2) is 11.2 Å². The van der Waals surface area contributed by atoms with Gasteiger partial charge in [0.25, 0.3) is 5.56 Å². The second-order valence-electron chi connectivity index (χ2n) is 3.46. The standard InChI is InChI=1S/C10H5Cl2N5O/c11-6-2-1-5(3-13-6)17-9(18)7-8(15-4-14-7)16-10(17)12/h1-4H,(H,14,15). The van der Waals surface area contributed by atoms with Gasteiger partial charge < -0.3 is 4.98 Å². The van der Waals surface area contributed by atoms with Gasteiger partial charge in [-0.3, -0.25) is 4.79 Å². The summed E-state index contributed by atoms with van der Waals surface area (Å²) in [6.45, 7) is 0. The maximum Gasteiger partial charge on any atom is 0.285 e. The van der Waals surface area contributed by atoms with E-state index in [2.05, 4.69) is 19.9 Å². The normalized spacial score (nSPS) is 11.0. The Morgan fingerprint density at radius 3 is 2.78 bits per heavy atom. The third-order valence-electron chi connectivity index (χ3n) is 2.39. The van der Waals surface area contributed by atoms with Gasteiger partial charge in [-0.15, -0.1) is 0 Å². The highest BCUT2D eigenvalue weighted by atomic mass is 35.5. The van der Waals surface area contributed by atoms with Gasteiger partial charge in [-0.25, -0.2) is 14.5 Å². The number of fused-ring (bicyclic) bond motifs is 1. The van der Waals surface area contributed by atoms with Crippen LogP contribution in [0.3, 0.4) is 0 Å². The fourth-order valence-corrected chi connectivity index (χ4v) is 1.95. The van der Waals surface area contributed by atoms with Crippen LogP contribution in [0.1, 0.15) is 0 Å². The Bertz CT molecular complexity index is 777. The van der Waals surface area contributed by atoms with E-state index in [9.17, 15) is 4.79 Å². The lowest BCUT2D eigenvalue weighted by Crippen LogP contribution is -2.20. The first-order chi connectivity index (χ1) is 8.66. The Balaban J connectivity index is 2.34. The van der Waals surface area contributed by atoms with Gasteiger partial charge in [0.2, 0.25) is 5.28 Å². The minimum atomic E-state index is -0.341. The van der Waals surface area contributed by atoms with Gasteiger partial charge in [-0.2, -0.15) is 4.98 Å². The number of halogens is 2. The van der Waals surface area contributed by atoms with Crippen LogP contribution in [0.25, 0.3) is 16.9 Å². The van der Waals surface area contributed by atoms with Crippen molar-refractivity contribution in [3.8, 4) is 5.69 Å². The van der Waals surface area contributed by atoms with Crippen LogP contribution in [0.15, 0.2) is 29.5 Å². The van der Waals surface area contributed by atoms with Crippen LogP contribution in [0.2, 0.25) is 10.4 Å². The van der Waals surface area contributed by atoms with Crippen molar-refractivity contribution in [2.45, 2.75) is 0 Å². The van der Waals surface area contributed by atoms with Gasteiger partial charge in [-0.1, -0.05) is 11.6 Å². The lowest BCUT2D eigenvalue weighted by atomic mass is 10.4. The molecule has 8 heteroatoms. The van der Waals surface area contributed by atoms with Crippen LogP contribution in [0.5, 0.6) is 0 Å². The highest BCUT2D eigenvalue weighted by molar-refractivity contribution is 6.29. The van der Waals surface area contributed by atoms with E-state index in [1.54, 1.807) is 12.1 Å². The van der Waals surface area contributed by atoms with Gasteiger partial charge in [0.05, 0.1) is 18.2 Å². The van der Waals surface area contributed by atoms with Gasteiger partial charge in [-0.05, 0) is 23.7 Å². The van der Waals surface area contributed by atoms with Crippen molar-refractivity contribution < 1.29 is 0 Å². The smallest absolute Gasteiger partial charge is 0.285 e. The monoisotopic (exact) mass is 281 g/mol. The molecule has 0 aliphatic rings. The highest BCUT2D eigenvalue weighted by Crippen LogP contribution is 2.14. The Kier molecular flexibility index (Phi) is 2.53. The molecule has 3 rings (SSSR count). The van der Waals surface area contributed by atoms with Crippen LogP contribution in [-0.4, -0.2) is 24.5 Å². The summed E-state index contributed by atoms with van der Waals surface area (Å²) >= 11 is 11.7. The summed E-state index contributed by atoms with van der Waals surface area (Å²) in [5.41, 5.74) is 0.711. The molecule has 0 bridgehead atoms. The molecule has 0 unspecified atom stereocenters. The van der Waals surface area contributed by atoms with Crippen molar-refractivity contribution >= 4 is 34.4 Å². The Morgan fingerprint density at radius 1 is 1.22 bits per heavy atom. The molecule has 0 aliphatic heterocycles. The van der Waals surface area contributed by atoms with E-state index in [4.69, 9.17) is 23.2 Å². The molecular formula is C10H5Cl2N5O. The molecule has 0 amide bonds. The lowest BCUT2D eigenvalue weighted by molar-refractivity contribution is 0.949. The number of imidazole rings is 1. The van der Waals surface area contributed by atoms with E-state index in [-0.39, 0.29) is 22.0 Å². The van der Waals surface area contributed by atoms with Crippen molar-refractivity contribution in [3.63, 3.8) is 0 Å². The van der Waals surface area contributed by atoms with Gasteiger partial charge in [0.1, 0.15) is 5.15 Å². The molecule has 0 radical (unpaired) electrons. The molecule has 0 aromatic carbocycles. The number of aromatic amines is 1. The number of nitrogens with one attached hydrogen (secondary N) is 1. The average Bonchev–Trinajstić information content (AvgIpc) is 2.80. The Morgan fingerprint density at radius 2 is 2.06 bits per heavy atom. The molecule has 0 fully saturated rings. The van der Waals surface area contributed by atoms with E-state index >= 15 is 0 Å². The zero-order chi connectivity index (χ0) is 12.7. The molecule has 18 heavy (non-hydrogen) atoms. The average molecular weight is 282 g/mol. The predicted octanol–water partition coefficient (Wildman–Crippen LogP) is 1.81. The largest absolute Gasteiger partial charge is 0.339 e. The molecule has 0 saturated carbocycles. The summed E-state index contributed by atoms with van der Waals surface area (Å²) in [7, 11) is 0. The molecule has 1 N–H and O–H groups in total. The summed E-state index contributed by atoms with van der Waals surface area (Å²) in [5.74, 6) is 0. The van der Waals surface area contributed by atoms with Gasteiger partial charge in [0, 0.05) is 0 Å². The number of aromatic nitrogens is 5. The molecular weight excluding hydrogens is 277 g/mol. The van der Waals surface area contributed by atoms with E-state index in [0.717, 1.165) is 0 Å². The highest BCUT2D eigenvalue weighted by Gasteiger charge is 2.12. The number of nitrogens with zero attached hydrogens (tertiary/aromatic N) is 4. The van der Waals surface area contributed by atoms with Crippen molar-refractivity contribution in [1.82, 2.24) is 24.5 Å². The number of hydrogen-bond donors (Lipinski definition) is 1. The van der Waals surface area contributed by atoms with Crippen LogP contribution in [-0.2, 0) is 0 Å². The van der Waals surface area contributed by atoms with Crippen LogP contribution in [0, 0.1) is 0 Å². The minimum absolute atomic E-state index is 0.0173. The molecule has 0 spiro atoms. The summed E-state index contributed by atoms with van der Waals surface area (Å²) in [6, 6.07) is 3.20. The SMILES string of the molecule is O=c1c2[nH]cnc2nc(Cl)n1-c1ccc(Cl)nc1. The molecule has 0 aliphatic carbocycles. The van der Waals surface area contributed by atoms with E-state index < -0.39 is 0 Å². The van der Waals surface area contributed by atoms with Crippen molar-refractivity contribution in [2.75, 3.05) is 0 Å². The van der Waals surface area contributed by atoms with Gasteiger partial charge >= 0.3 is 0 Å². The number of pyridine rings is 1. The van der Waals surface area contributed by atoms with Crippen molar-refractivity contribution in [2.24, 2.45) is 0 Å². The first-order valence-electron chi connectivity index (χ1n) is 4.90. The van der Waals surface area contributed by atoms with Crippen LogP contribution < -0.4 is 5.56 Å². The number of rotatable bonds is 1.